The van der Waals surface area contributed by atoms with Crippen molar-refractivity contribution < 1.29 is 14.3 Å². The molecule has 0 spiro atoms. The molecule has 5 heteroatoms. The second-order valence-electron chi connectivity index (χ2n) is 5.73. The molecule has 3 aromatic rings. The lowest BCUT2D eigenvalue weighted by Crippen LogP contribution is -2.15. The minimum absolute atomic E-state index is 0.145. The van der Waals surface area contributed by atoms with Crippen LogP contribution < -0.4 is 15.8 Å². The van der Waals surface area contributed by atoms with Gasteiger partial charge in [0.05, 0.1) is 6.42 Å². The minimum atomic E-state index is -0.499. The topological polar surface area (TPSA) is 81.4 Å². The smallest absolute Gasteiger partial charge is 0.248 e. The molecule has 0 radical (unpaired) electrons. The maximum Gasteiger partial charge on any atom is 0.248 e. The summed E-state index contributed by atoms with van der Waals surface area (Å²) in [5, 5.41) is 2.79. The Morgan fingerprint density at radius 1 is 0.808 bits per heavy atom. The molecule has 0 atom stereocenters. The summed E-state index contributed by atoms with van der Waals surface area (Å²) in [6, 6.07) is 23.3. The average Bonchev–Trinajstić information content (AvgIpc) is 2.64. The first kappa shape index (κ1) is 17.2. The number of benzene rings is 3. The number of ether oxygens (including phenoxy) is 1. The molecule has 5 nitrogen and oxygen atoms in total. The summed E-state index contributed by atoms with van der Waals surface area (Å²) in [6.07, 6.45) is 0.239. The number of carbonyl (C=O) groups excluding carboxylic acids is 2. The van der Waals surface area contributed by atoms with Crippen LogP contribution in [0.4, 0.5) is 5.69 Å². The number of carbonyl (C=O) groups is 2. The van der Waals surface area contributed by atoms with Crippen LogP contribution in [0.25, 0.3) is 0 Å². The van der Waals surface area contributed by atoms with Crippen molar-refractivity contribution in [1.82, 2.24) is 0 Å². The van der Waals surface area contributed by atoms with Crippen LogP contribution in [-0.4, -0.2) is 11.8 Å². The molecule has 0 bridgehead atoms. The van der Waals surface area contributed by atoms with Crippen LogP contribution in [0, 0.1) is 0 Å². The molecule has 3 N–H and O–H groups in total. The Hall–Kier alpha value is -3.60. The van der Waals surface area contributed by atoms with Gasteiger partial charge < -0.3 is 15.8 Å². The lowest BCUT2D eigenvalue weighted by molar-refractivity contribution is -0.115. The Balaban J connectivity index is 1.56. The van der Waals surface area contributed by atoms with E-state index in [9.17, 15) is 9.59 Å². The third-order valence-corrected chi connectivity index (χ3v) is 3.72. The molecule has 0 unspecified atom stereocenters. The fourth-order valence-corrected chi connectivity index (χ4v) is 2.41. The molecule has 0 aliphatic heterocycles. The summed E-state index contributed by atoms with van der Waals surface area (Å²) in [5.74, 6) is 0.828. The van der Waals surface area contributed by atoms with Gasteiger partial charge in [0, 0.05) is 11.3 Å². The average molecular weight is 346 g/mol. The molecule has 26 heavy (non-hydrogen) atoms. The van der Waals surface area contributed by atoms with Gasteiger partial charge in [0.25, 0.3) is 0 Å². The van der Waals surface area contributed by atoms with Crippen LogP contribution in [0.2, 0.25) is 0 Å². The fourth-order valence-electron chi connectivity index (χ4n) is 2.41. The first-order chi connectivity index (χ1) is 12.6. The van der Waals surface area contributed by atoms with Gasteiger partial charge in [-0.15, -0.1) is 0 Å². The van der Waals surface area contributed by atoms with Crippen LogP contribution in [0.5, 0.6) is 11.5 Å². The molecule has 0 saturated heterocycles. The van der Waals surface area contributed by atoms with Crippen LogP contribution in [0.15, 0.2) is 78.9 Å². The summed E-state index contributed by atoms with van der Waals surface area (Å²) < 4.78 is 5.73. The minimum Gasteiger partial charge on any atom is -0.457 e. The predicted molar refractivity (Wildman–Crippen MR) is 100 cm³/mol. The second kappa shape index (κ2) is 7.98. The van der Waals surface area contributed by atoms with Crippen LogP contribution in [0.3, 0.4) is 0 Å². The molecule has 3 aromatic carbocycles. The third kappa shape index (κ3) is 4.70. The van der Waals surface area contributed by atoms with Gasteiger partial charge in [-0.3, -0.25) is 9.59 Å². The Labute approximate surface area is 151 Å². The van der Waals surface area contributed by atoms with Gasteiger partial charge in [-0.2, -0.15) is 0 Å². The van der Waals surface area contributed by atoms with Crippen molar-refractivity contribution in [3.63, 3.8) is 0 Å². The van der Waals surface area contributed by atoms with E-state index < -0.39 is 5.91 Å². The molecule has 0 aliphatic rings. The van der Waals surface area contributed by atoms with Crippen LogP contribution in [-0.2, 0) is 11.2 Å². The first-order valence-corrected chi connectivity index (χ1v) is 8.12. The van der Waals surface area contributed by atoms with Crippen molar-refractivity contribution in [1.29, 1.82) is 0 Å². The van der Waals surface area contributed by atoms with E-state index >= 15 is 0 Å². The highest BCUT2D eigenvalue weighted by Crippen LogP contribution is 2.21. The zero-order valence-corrected chi connectivity index (χ0v) is 14.0. The van der Waals surface area contributed by atoms with Gasteiger partial charge in [0.1, 0.15) is 11.5 Å². The Morgan fingerprint density at radius 3 is 2.04 bits per heavy atom. The van der Waals surface area contributed by atoms with Gasteiger partial charge in [-0.25, -0.2) is 0 Å². The zero-order valence-electron chi connectivity index (χ0n) is 14.0. The summed E-state index contributed by atoms with van der Waals surface area (Å²) in [7, 11) is 0. The van der Waals surface area contributed by atoms with Crippen molar-refractivity contribution >= 4 is 17.5 Å². The summed E-state index contributed by atoms with van der Waals surface area (Å²) in [5.41, 5.74) is 7.08. The number of hydrogen-bond donors (Lipinski definition) is 2. The van der Waals surface area contributed by atoms with E-state index in [1.807, 2.05) is 54.6 Å². The highest BCUT2D eigenvalue weighted by Gasteiger charge is 2.06. The van der Waals surface area contributed by atoms with Crippen LogP contribution in [0.1, 0.15) is 15.9 Å². The van der Waals surface area contributed by atoms with E-state index in [0.717, 1.165) is 11.3 Å². The number of rotatable bonds is 6. The maximum absolute atomic E-state index is 12.1. The lowest BCUT2D eigenvalue weighted by Gasteiger charge is -2.08. The Morgan fingerprint density at radius 2 is 1.42 bits per heavy atom. The molecule has 0 heterocycles. The van der Waals surface area contributed by atoms with Gasteiger partial charge in [-0.05, 0) is 54.1 Å². The van der Waals surface area contributed by atoms with E-state index in [2.05, 4.69) is 5.32 Å². The summed E-state index contributed by atoms with van der Waals surface area (Å²) >= 11 is 0. The molecule has 0 aromatic heterocycles. The molecule has 0 aliphatic carbocycles. The monoisotopic (exact) mass is 346 g/mol. The van der Waals surface area contributed by atoms with E-state index in [-0.39, 0.29) is 12.3 Å². The molecule has 0 fully saturated rings. The molecule has 130 valence electrons. The fraction of sp³-hybridized carbons (Fsp3) is 0.0476. The van der Waals surface area contributed by atoms with E-state index in [4.69, 9.17) is 10.5 Å². The Bertz CT molecular complexity index is 889. The SMILES string of the molecule is NC(=O)c1ccc(NC(=O)Cc2ccc(Oc3ccccc3)cc2)cc1. The van der Waals surface area contributed by atoms with Gasteiger partial charge >= 0.3 is 0 Å². The summed E-state index contributed by atoms with van der Waals surface area (Å²) in [4.78, 5) is 23.2. The molecular formula is C21H18N2O3. The standard InChI is InChI=1S/C21H18N2O3/c22-21(25)16-8-10-17(11-9-16)23-20(24)14-15-6-12-19(13-7-15)26-18-4-2-1-3-5-18/h1-13H,14H2,(H2,22,25)(H,23,24). The lowest BCUT2D eigenvalue weighted by atomic mass is 10.1. The van der Waals surface area contributed by atoms with Gasteiger partial charge in [0.15, 0.2) is 0 Å². The van der Waals surface area contributed by atoms with Gasteiger partial charge in [0.2, 0.25) is 11.8 Å². The highest BCUT2D eigenvalue weighted by molar-refractivity contribution is 5.95. The number of para-hydroxylation sites is 1. The number of hydrogen-bond acceptors (Lipinski definition) is 3. The Kier molecular flexibility index (Phi) is 5.29. The highest BCUT2D eigenvalue weighted by atomic mass is 16.5. The zero-order chi connectivity index (χ0) is 18.4. The molecule has 2 amide bonds. The van der Waals surface area contributed by atoms with Crippen molar-refractivity contribution in [3.05, 3.63) is 90.0 Å². The maximum atomic E-state index is 12.1. The van der Waals surface area contributed by atoms with Crippen molar-refractivity contribution in [2.24, 2.45) is 5.73 Å². The quantitative estimate of drug-likeness (QED) is 0.713. The third-order valence-electron chi connectivity index (χ3n) is 3.72. The van der Waals surface area contributed by atoms with Crippen molar-refractivity contribution in [2.75, 3.05) is 5.32 Å². The second-order valence-corrected chi connectivity index (χ2v) is 5.73. The van der Waals surface area contributed by atoms with Gasteiger partial charge in [-0.1, -0.05) is 30.3 Å². The predicted octanol–water partition coefficient (Wildman–Crippen LogP) is 3.76. The first-order valence-electron chi connectivity index (χ1n) is 8.12. The van der Waals surface area contributed by atoms with E-state index in [1.165, 1.54) is 0 Å². The summed E-state index contributed by atoms with van der Waals surface area (Å²) in [6.45, 7) is 0. The largest absolute Gasteiger partial charge is 0.457 e. The number of amides is 2. The number of primary amides is 1. The van der Waals surface area contributed by atoms with E-state index in [0.29, 0.717) is 17.0 Å². The molecule has 0 saturated carbocycles. The van der Waals surface area contributed by atoms with Crippen LogP contribution >= 0.6 is 0 Å². The van der Waals surface area contributed by atoms with E-state index in [1.54, 1.807) is 24.3 Å². The van der Waals surface area contributed by atoms with Crippen molar-refractivity contribution in [2.45, 2.75) is 6.42 Å². The van der Waals surface area contributed by atoms with Crippen molar-refractivity contribution in [3.8, 4) is 11.5 Å². The number of anilines is 1. The number of nitrogens with one attached hydrogen (secondary N) is 1. The molecular weight excluding hydrogens is 328 g/mol. The normalized spacial score (nSPS) is 10.2. The molecule has 3 rings (SSSR count). The number of nitrogens with two attached hydrogens (primary N) is 1.